The number of hydrogen-bond donors (Lipinski definition) is 1. The molecule has 8 heteroatoms. The molecule has 1 aliphatic rings. The smallest absolute Gasteiger partial charge is 0.363 e. The lowest BCUT2D eigenvalue weighted by Crippen LogP contribution is -2.32. The highest BCUT2D eigenvalue weighted by molar-refractivity contribution is 5.76. The molecule has 1 N–H and O–H groups in total. The summed E-state index contributed by atoms with van der Waals surface area (Å²) in [6.45, 7) is 2.02. The van der Waals surface area contributed by atoms with Gasteiger partial charge in [0, 0.05) is 32.1 Å². The third kappa shape index (κ3) is 3.47. The summed E-state index contributed by atoms with van der Waals surface area (Å²) in [7, 11) is 0. The Hall–Kier alpha value is -2.64. The van der Waals surface area contributed by atoms with E-state index in [0.29, 0.717) is 25.2 Å². The fourth-order valence-corrected chi connectivity index (χ4v) is 3.03. The van der Waals surface area contributed by atoms with Crippen molar-refractivity contribution in [3.63, 3.8) is 0 Å². The van der Waals surface area contributed by atoms with Crippen molar-refractivity contribution in [1.82, 2.24) is 14.3 Å². The number of anilines is 1. The van der Waals surface area contributed by atoms with Crippen LogP contribution in [0.5, 0.6) is 0 Å². The fraction of sp³-hybridized carbons (Fsp3) is 0.500. The molecule has 3 rings (SSSR count). The normalized spacial score (nSPS) is 15.5. The highest BCUT2D eigenvalue weighted by Crippen LogP contribution is 2.25. The lowest BCUT2D eigenvalue weighted by Gasteiger charge is -2.20. The van der Waals surface area contributed by atoms with Crippen LogP contribution >= 0.6 is 0 Å². The molecule has 8 nitrogen and oxygen atoms in total. The van der Waals surface area contributed by atoms with Crippen molar-refractivity contribution in [2.75, 3.05) is 25.0 Å². The van der Waals surface area contributed by atoms with Crippen LogP contribution in [-0.4, -0.2) is 44.7 Å². The van der Waals surface area contributed by atoms with Crippen molar-refractivity contribution < 1.29 is 9.72 Å². The Morgan fingerprint density at radius 1 is 1.29 bits per heavy atom. The molecule has 0 atom stereocenters. The van der Waals surface area contributed by atoms with Crippen LogP contribution < -0.4 is 5.32 Å². The molecule has 1 fully saturated rings. The van der Waals surface area contributed by atoms with Gasteiger partial charge in [-0.15, -0.1) is 0 Å². The standard InChI is InChI=1S/C16H21N5O3/c22-14-8-2-1-4-10-19(14)11-6-9-17-15-16(21(23)24)20-12-5-3-7-13(20)18-15/h3,5,7,12,17H,1-2,4,6,8-11H2. The van der Waals surface area contributed by atoms with Crippen molar-refractivity contribution >= 4 is 23.2 Å². The van der Waals surface area contributed by atoms with Crippen molar-refractivity contribution in [1.29, 1.82) is 0 Å². The summed E-state index contributed by atoms with van der Waals surface area (Å²) in [4.78, 5) is 29.0. The number of nitrogens with one attached hydrogen (secondary N) is 1. The predicted octanol–water partition coefficient (Wildman–Crippen LogP) is 2.45. The van der Waals surface area contributed by atoms with E-state index in [1.165, 1.54) is 4.40 Å². The molecule has 128 valence electrons. The first kappa shape index (κ1) is 16.2. The number of pyridine rings is 1. The number of rotatable bonds is 6. The van der Waals surface area contributed by atoms with Crippen molar-refractivity contribution in [3.8, 4) is 0 Å². The second-order valence-corrected chi connectivity index (χ2v) is 5.94. The average molecular weight is 331 g/mol. The van der Waals surface area contributed by atoms with Gasteiger partial charge < -0.3 is 20.3 Å². The molecule has 24 heavy (non-hydrogen) atoms. The van der Waals surface area contributed by atoms with Gasteiger partial charge in [0.15, 0.2) is 0 Å². The van der Waals surface area contributed by atoms with E-state index in [0.717, 1.165) is 32.2 Å². The van der Waals surface area contributed by atoms with E-state index >= 15 is 0 Å². The summed E-state index contributed by atoms with van der Waals surface area (Å²) in [6, 6.07) is 5.26. The van der Waals surface area contributed by atoms with Crippen LogP contribution in [0.15, 0.2) is 24.4 Å². The Labute approximate surface area is 139 Å². The maximum Gasteiger partial charge on any atom is 0.372 e. The van der Waals surface area contributed by atoms with Gasteiger partial charge in [0.05, 0.1) is 6.20 Å². The zero-order chi connectivity index (χ0) is 16.9. The van der Waals surface area contributed by atoms with E-state index < -0.39 is 4.92 Å². The van der Waals surface area contributed by atoms with Gasteiger partial charge in [-0.05, 0) is 30.3 Å². The quantitative estimate of drug-likeness (QED) is 0.498. The molecule has 3 heterocycles. The Morgan fingerprint density at radius 3 is 3.00 bits per heavy atom. The van der Waals surface area contributed by atoms with Gasteiger partial charge in [0.1, 0.15) is 0 Å². The third-order valence-electron chi connectivity index (χ3n) is 4.25. The van der Waals surface area contributed by atoms with Crippen LogP contribution in [0.3, 0.4) is 0 Å². The number of amides is 1. The van der Waals surface area contributed by atoms with Crippen LogP contribution in [-0.2, 0) is 4.79 Å². The maximum atomic E-state index is 11.9. The zero-order valence-electron chi connectivity index (χ0n) is 13.5. The maximum absolute atomic E-state index is 11.9. The Balaban J connectivity index is 1.60. The number of likely N-dealkylation sites (tertiary alicyclic amines) is 1. The van der Waals surface area contributed by atoms with Gasteiger partial charge in [-0.1, -0.05) is 12.5 Å². The van der Waals surface area contributed by atoms with Gasteiger partial charge in [0.2, 0.25) is 17.4 Å². The van der Waals surface area contributed by atoms with Crippen LogP contribution in [0.1, 0.15) is 32.1 Å². The Kier molecular flexibility index (Phi) is 4.93. The number of carbonyl (C=O) groups excluding carboxylic acids is 1. The van der Waals surface area contributed by atoms with E-state index in [1.54, 1.807) is 24.4 Å². The first-order valence-electron chi connectivity index (χ1n) is 8.30. The van der Waals surface area contributed by atoms with E-state index in [9.17, 15) is 14.9 Å². The van der Waals surface area contributed by atoms with Crippen LogP contribution in [0, 0.1) is 10.1 Å². The number of hydrogen-bond acceptors (Lipinski definition) is 5. The second-order valence-electron chi connectivity index (χ2n) is 5.94. The largest absolute Gasteiger partial charge is 0.372 e. The molecule has 1 aliphatic heterocycles. The molecule has 0 aromatic carbocycles. The van der Waals surface area contributed by atoms with Gasteiger partial charge in [-0.25, -0.2) is 0 Å². The van der Waals surface area contributed by atoms with Crippen LogP contribution in [0.25, 0.3) is 5.65 Å². The number of carbonyl (C=O) groups is 1. The number of nitro groups is 1. The summed E-state index contributed by atoms with van der Waals surface area (Å²) in [5.74, 6) is 0.427. The SMILES string of the molecule is O=C1CCCCCN1CCCNc1nc2ccccn2c1[N+](=O)[O-]. The first-order chi connectivity index (χ1) is 11.7. The highest BCUT2D eigenvalue weighted by atomic mass is 16.6. The summed E-state index contributed by atoms with van der Waals surface area (Å²) in [5.41, 5.74) is 0.536. The molecule has 1 saturated heterocycles. The van der Waals surface area contributed by atoms with Crippen molar-refractivity contribution in [2.45, 2.75) is 32.1 Å². The van der Waals surface area contributed by atoms with Crippen molar-refractivity contribution in [3.05, 3.63) is 34.5 Å². The topological polar surface area (TPSA) is 92.8 Å². The molecule has 2 aromatic heterocycles. The van der Waals surface area contributed by atoms with Gasteiger partial charge in [-0.3, -0.25) is 4.79 Å². The molecule has 1 amide bonds. The van der Waals surface area contributed by atoms with E-state index in [4.69, 9.17) is 0 Å². The van der Waals surface area contributed by atoms with Crippen LogP contribution in [0.2, 0.25) is 0 Å². The number of aromatic nitrogens is 2. The first-order valence-corrected chi connectivity index (χ1v) is 8.30. The minimum atomic E-state index is -0.430. The molecular formula is C16H21N5O3. The van der Waals surface area contributed by atoms with E-state index in [2.05, 4.69) is 10.3 Å². The number of fused-ring (bicyclic) bond motifs is 1. The molecule has 0 aliphatic carbocycles. The summed E-state index contributed by atoms with van der Waals surface area (Å²) < 4.78 is 1.46. The minimum Gasteiger partial charge on any atom is -0.363 e. The van der Waals surface area contributed by atoms with Crippen molar-refractivity contribution in [2.24, 2.45) is 0 Å². The number of nitrogens with zero attached hydrogens (tertiary/aromatic N) is 4. The molecular weight excluding hydrogens is 310 g/mol. The van der Waals surface area contributed by atoms with Gasteiger partial charge in [-0.2, -0.15) is 9.38 Å². The van der Waals surface area contributed by atoms with E-state index in [1.807, 2.05) is 4.90 Å². The van der Waals surface area contributed by atoms with Gasteiger partial charge in [0.25, 0.3) is 0 Å². The minimum absolute atomic E-state index is 0.0588. The molecule has 0 saturated carbocycles. The molecule has 2 aromatic rings. The number of imidazole rings is 1. The lowest BCUT2D eigenvalue weighted by molar-refractivity contribution is -0.389. The molecule has 0 spiro atoms. The summed E-state index contributed by atoms with van der Waals surface area (Å²) >= 11 is 0. The molecule has 0 bridgehead atoms. The van der Waals surface area contributed by atoms with Gasteiger partial charge >= 0.3 is 5.82 Å². The third-order valence-corrected chi connectivity index (χ3v) is 4.25. The molecule has 0 unspecified atom stereocenters. The summed E-state index contributed by atoms with van der Waals surface area (Å²) in [5, 5.41) is 14.4. The lowest BCUT2D eigenvalue weighted by atomic mass is 10.2. The van der Waals surface area contributed by atoms with Crippen LogP contribution in [0.4, 0.5) is 11.6 Å². The summed E-state index contributed by atoms with van der Waals surface area (Å²) in [6.07, 6.45) is 6.12. The zero-order valence-corrected chi connectivity index (χ0v) is 13.5. The Bertz CT molecular complexity index is 742. The monoisotopic (exact) mass is 331 g/mol. The molecule has 0 radical (unpaired) electrons. The Morgan fingerprint density at radius 2 is 2.17 bits per heavy atom. The second kappa shape index (κ2) is 7.29. The highest BCUT2D eigenvalue weighted by Gasteiger charge is 2.22. The fourth-order valence-electron chi connectivity index (χ4n) is 3.03. The predicted molar refractivity (Wildman–Crippen MR) is 90.0 cm³/mol. The van der Waals surface area contributed by atoms with E-state index in [-0.39, 0.29) is 17.5 Å². The average Bonchev–Trinajstić information content (AvgIpc) is 2.82.